The van der Waals surface area contributed by atoms with Crippen molar-refractivity contribution in [1.29, 1.82) is 0 Å². The molecule has 0 radical (unpaired) electrons. The van der Waals surface area contributed by atoms with Gasteiger partial charge < -0.3 is 9.80 Å². The van der Waals surface area contributed by atoms with Gasteiger partial charge in [-0.2, -0.15) is 0 Å². The molecule has 194 valence electrons. The predicted octanol–water partition coefficient (Wildman–Crippen LogP) is 2.90. The molecule has 9 nitrogen and oxygen atoms in total. The van der Waals surface area contributed by atoms with E-state index < -0.39 is 0 Å². The van der Waals surface area contributed by atoms with Gasteiger partial charge in [0, 0.05) is 56.7 Å². The standard InChI is InChI=1S/C27H40N8O/c1-18-11-12-19(2)23(17-18)32-13-15-33(16-14-32)25(36)10-6-9-24-29-30-27-34(24)22-8-5-4-7-21(22)26-28-20(3)31-35(26)27/h11-12,17,20-22,26,28,31H,4-10,13-16H2,1-3H3. The summed E-state index contributed by atoms with van der Waals surface area (Å²) in [6.07, 6.45) is 7.69. The van der Waals surface area contributed by atoms with E-state index in [-0.39, 0.29) is 12.1 Å². The van der Waals surface area contributed by atoms with E-state index in [0.717, 1.165) is 50.8 Å². The van der Waals surface area contributed by atoms with E-state index in [0.29, 0.717) is 24.5 Å². The first-order valence-electron chi connectivity index (χ1n) is 13.8. The SMILES string of the molecule is Cc1ccc(C)c(N2CCN(C(=O)CCCc3nnc4n3C3CCCCC3C3NC(C)NN43)CC2)c1. The van der Waals surface area contributed by atoms with Crippen LogP contribution >= 0.6 is 0 Å². The van der Waals surface area contributed by atoms with E-state index in [1.54, 1.807) is 0 Å². The monoisotopic (exact) mass is 492 g/mol. The number of rotatable bonds is 5. The summed E-state index contributed by atoms with van der Waals surface area (Å²) in [5.41, 5.74) is 7.42. The van der Waals surface area contributed by atoms with Crippen molar-refractivity contribution < 1.29 is 4.79 Å². The topological polar surface area (TPSA) is 81.6 Å². The summed E-state index contributed by atoms with van der Waals surface area (Å²) < 4.78 is 2.39. The maximum atomic E-state index is 13.0. The molecule has 3 fully saturated rings. The molecule has 36 heavy (non-hydrogen) atoms. The fourth-order valence-electron chi connectivity index (χ4n) is 6.78. The molecule has 1 aromatic heterocycles. The second-order valence-corrected chi connectivity index (χ2v) is 11.1. The largest absolute Gasteiger partial charge is 0.368 e. The minimum Gasteiger partial charge on any atom is -0.368 e. The zero-order valence-corrected chi connectivity index (χ0v) is 21.9. The van der Waals surface area contributed by atoms with Crippen LogP contribution in [0.15, 0.2) is 18.2 Å². The summed E-state index contributed by atoms with van der Waals surface area (Å²) in [6.45, 7) is 9.85. The number of hydrogen-bond acceptors (Lipinski definition) is 7. The number of fused-ring (bicyclic) bond motifs is 6. The van der Waals surface area contributed by atoms with Crippen molar-refractivity contribution in [3.63, 3.8) is 0 Å². The summed E-state index contributed by atoms with van der Waals surface area (Å²) >= 11 is 0. The Kier molecular flexibility index (Phi) is 6.37. The number of hydrogen-bond donors (Lipinski definition) is 2. The van der Waals surface area contributed by atoms with Gasteiger partial charge >= 0.3 is 0 Å². The maximum absolute atomic E-state index is 13.0. The fourth-order valence-corrected chi connectivity index (χ4v) is 6.78. The smallest absolute Gasteiger partial charge is 0.243 e. The molecular weight excluding hydrogens is 452 g/mol. The van der Waals surface area contributed by atoms with Crippen LogP contribution in [0.5, 0.6) is 0 Å². The number of nitrogens with zero attached hydrogens (tertiary/aromatic N) is 6. The van der Waals surface area contributed by atoms with Gasteiger partial charge in [-0.15, -0.1) is 10.2 Å². The predicted molar refractivity (Wildman–Crippen MR) is 141 cm³/mol. The molecule has 0 bridgehead atoms. The highest BCUT2D eigenvalue weighted by Gasteiger charge is 2.47. The lowest BCUT2D eigenvalue weighted by Crippen LogP contribution is -2.53. The second kappa shape index (κ2) is 9.67. The molecular formula is C27H40N8O. The van der Waals surface area contributed by atoms with Crippen molar-refractivity contribution in [2.75, 3.05) is 36.1 Å². The normalized spacial score (nSPS) is 27.6. The van der Waals surface area contributed by atoms with Crippen molar-refractivity contribution in [3.05, 3.63) is 35.2 Å². The van der Waals surface area contributed by atoms with Crippen molar-refractivity contribution in [2.24, 2.45) is 5.92 Å². The number of anilines is 2. The lowest BCUT2D eigenvalue weighted by molar-refractivity contribution is -0.131. The summed E-state index contributed by atoms with van der Waals surface area (Å²) in [4.78, 5) is 17.5. The molecule has 2 aromatic rings. The molecule has 1 aromatic carbocycles. The van der Waals surface area contributed by atoms with Crippen LogP contribution in [0, 0.1) is 19.8 Å². The Balaban J connectivity index is 1.06. The van der Waals surface area contributed by atoms with Gasteiger partial charge in [0.25, 0.3) is 0 Å². The quantitative estimate of drug-likeness (QED) is 0.664. The van der Waals surface area contributed by atoms with Crippen LogP contribution in [-0.4, -0.2) is 64.1 Å². The van der Waals surface area contributed by atoms with Crippen molar-refractivity contribution >= 4 is 17.5 Å². The number of piperazine rings is 1. The van der Waals surface area contributed by atoms with Gasteiger partial charge in [-0.05, 0) is 57.2 Å². The Morgan fingerprint density at radius 2 is 1.89 bits per heavy atom. The molecule has 4 atom stereocenters. The van der Waals surface area contributed by atoms with E-state index in [2.05, 4.69) is 74.4 Å². The van der Waals surface area contributed by atoms with Gasteiger partial charge in [0.15, 0.2) is 0 Å². The van der Waals surface area contributed by atoms with Crippen molar-refractivity contribution in [2.45, 2.75) is 84.1 Å². The molecule has 0 spiro atoms. The number of amides is 1. The summed E-state index contributed by atoms with van der Waals surface area (Å²) in [5.74, 6) is 2.80. The molecule has 1 saturated carbocycles. The van der Waals surface area contributed by atoms with Crippen molar-refractivity contribution in [1.82, 2.24) is 30.4 Å². The first-order valence-corrected chi connectivity index (χ1v) is 13.8. The van der Waals surface area contributed by atoms with E-state index in [1.165, 1.54) is 42.5 Å². The van der Waals surface area contributed by atoms with E-state index >= 15 is 0 Å². The molecule has 4 unspecified atom stereocenters. The minimum atomic E-state index is 0.234. The van der Waals surface area contributed by atoms with Gasteiger partial charge in [0.1, 0.15) is 12.0 Å². The molecule has 1 amide bonds. The Morgan fingerprint density at radius 3 is 2.72 bits per heavy atom. The van der Waals surface area contributed by atoms with E-state index in [4.69, 9.17) is 0 Å². The molecule has 2 N–H and O–H groups in total. The Labute approximate surface area is 214 Å². The molecule has 1 aliphatic carbocycles. The average molecular weight is 493 g/mol. The third-order valence-electron chi connectivity index (χ3n) is 8.64. The zero-order chi connectivity index (χ0) is 24.8. The van der Waals surface area contributed by atoms with Gasteiger partial charge in [-0.3, -0.25) is 19.7 Å². The van der Waals surface area contributed by atoms with Gasteiger partial charge in [0.2, 0.25) is 11.9 Å². The van der Waals surface area contributed by atoms with Crippen LogP contribution in [0.4, 0.5) is 11.6 Å². The summed E-state index contributed by atoms with van der Waals surface area (Å²) in [7, 11) is 0. The van der Waals surface area contributed by atoms with Crippen LogP contribution in [0.2, 0.25) is 0 Å². The van der Waals surface area contributed by atoms with Crippen LogP contribution in [0.1, 0.15) is 68.4 Å². The van der Waals surface area contributed by atoms with E-state index in [9.17, 15) is 4.79 Å². The number of hydrazine groups is 1. The zero-order valence-electron chi connectivity index (χ0n) is 21.9. The maximum Gasteiger partial charge on any atom is 0.243 e. The molecule has 2 saturated heterocycles. The third kappa shape index (κ3) is 4.26. The lowest BCUT2D eigenvalue weighted by Gasteiger charge is -2.44. The van der Waals surface area contributed by atoms with Crippen LogP contribution in [-0.2, 0) is 11.2 Å². The van der Waals surface area contributed by atoms with Crippen LogP contribution in [0.25, 0.3) is 0 Å². The highest BCUT2D eigenvalue weighted by atomic mass is 16.2. The molecule has 4 heterocycles. The third-order valence-corrected chi connectivity index (χ3v) is 8.64. The number of carbonyl (C=O) groups is 1. The number of carbonyl (C=O) groups excluding carboxylic acids is 1. The van der Waals surface area contributed by atoms with Crippen molar-refractivity contribution in [3.8, 4) is 0 Å². The Hall–Kier alpha value is -2.65. The van der Waals surface area contributed by atoms with Crippen LogP contribution < -0.4 is 20.7 Å². The second-order valence-electron chi connectivity index (χ2n) is 11.1. The first-order chi connectivity index (χ1) is 17.5. The highest BCUT2D eigenvalue weighted by Crippen LogP contribution is 2.44. The molecule has 3 aliphatic heterocycles. The number of aromatic nitrogens is 3. The average Bonchev–Trinajstić information content (AvgIpc) is 3.49. The minimum absolute atomic E-state index is 0.234. The van der Waals surface area contributed by atoms with E-state index in [1.807, 2.05) is 4.90 Å². The van der Waals surface area contributed by atoms with Gasteiger partial charge in [0.05, 0.1) is 6.17 Å². The van der Waals surface area contributed by atoms with Crippen LogP contribution in [0.3, 0.4) is 0 Å². The lowest BCUT2D eigenvalue weighted by atomic mass is 9.81. The Morgan fingerprint density at radius 1 is 1.08 bits per heavy atom. The number of benzene rings is 1. The number of nitrogens with one attached hydrogen (secondary N) is 2. The summed E-state index contributed by atoms with van der Waals surface area (Å²) in [5, 5.41) is 15.1. The van der Waals surface area contributed by atoms with Gasteiger partial charge in [-0.25, -0.2) is 5.43 Å². The number of aryl methyl sites for hydroxylation is 3. The molecule has 6 rings (SSSR count). The first kappa shape index (κ1) is 23.7. The summed E-state index contributed by atoms with van der Waals surface area (Å²) in [6, 6.07) is 7.07. The Bertz CT molecular complexity index is 1110. The van der Waals surface area contributed by atoms with Gasteiger partial charge in [-0.1, -0.05) is 25.0 Å². The fraction of sp³-hybridized carbons (Fsp3) is 0.667. The highest BCUT2D eigenvalue weighted by molar-refractivity contribution is 5.76. The molecule has 9 heteroatoms. The molecule has 4 aliphatic rings.